The number of aryl methyl sites for hydroxylation is 1. The molecular weight excluding hydrogens is 306 g/mol. The van der Waals surface area contributed by atoms with E-state index in [1.54, 1.807) is 12.1 Å². The summed E-state index contributed by atoms with van der Waals surface area (Å²) in [7, 11) is 0. The second kappa shape index (κ2) is 7.35. The van der Waals surface area contributed by atoms with Crippen LogP contribution in [0, 0.1) is 6.92 Å². The molecule has 2 aromatic carbocycles. The van der Waals surface area contributed by atoms with E-state index in [1.807, 2.05) is 6.92 Å². The van der Waals surface area contributed by atoms with Gasteiger partial charge in [-0.1, -0.05) is 11.6 Å². The highest BCUT2D eigenvalue weighted by Gasteiger charge is 2.07. The van der Waals surface area contributed by atoms with E-state index in [1.165, 1.54) is 36.5 Å². The first-order chi connectivity index (χ1) is 11.0. The van der Waals surface area contributed by atoms with Crippen LogP contribution in [0.5, 0.6) is 11.5 Å². The van der Waals surface area contributed by atoms with Crippen LogP contribution in [0.15, 0.2) is 47.6 Å². The van der Waals surface area contributed by atoms with Gasteiger partial charge in [-0.25, -0.2) is 5.43 Å². The minimum absolute atomic E-state index is 0.0373. The van der Waals surface area contributed by atoms with Gasteiger partial charge in [-0.15, -0.1) is 0 Å². The molecule has 120 valence electrons. The molecule has 0 atom stereocenters. The van der Waals surface area contributed by atoms with Crippen LogP contribution in [0.25, 0.3) is 0 Å². The summed E-state index contributed by atoms with van der Waals surface area (Å²) in [4.78, 5) is 11.8. The van der Waals surface area contributed by atoms with Crippen molar-refractivity contribution in [3.8, 4) is 11.5 Å². The average Bonchev–Trinajstić information content (AvgIpc) is 2.50. The van der Waals surface area contributed by atoms with Crippen LogP contribution < -0.4 is 10.2 Å². The molecule has 0 spiro atoms. The van der Waals surface area contributed by atoms with Gasteiger partial charge in [-0.3, -0.25) is 4.79 Å². The summed E-state index contributed by atoms with van der Waals surface area (Å²) in [6.45, 7) is -1.06. The zero-order valence-electron chi connectivity index (χ0n) is 12.2. The maximum atomic E-state index is 12.0. The smallest absolute Gasteiger partial charge is 0.387 e. The number of rotatable bonds is 5. The van der Waals surface area contributed by atoms with Gasteiger partial charge in [0.05, 0.1) is 6.21 Å². The summed E-state index contributed by atoms with van der Waals surface area (Å²) in [5.41, 5.74) is 3.92. The van der Waals surface area contributed by atoms with Crippen LogP contribution in [-0.4, -0.2) is 23.8 Å². The van der Waals surface area contributed by atoms with E-state index >= 15 is 0 Å². The molecule has 0 aromatic heterocycles. The first kappa shape index (κ1) is 16.4. The summed E-state index contributed by atoms with van der Waals surface area (Å²) in [6, 6.07) is 10.2. The Morgan fingerprint density at radius 1 is 1.26 bits per heavy atom. The summed E-state index contributed by atoms with van der Waals surface area (Å²) in [5.74, 6) is -0.510. The van der Waals surface area contributed by atoms with Gasteiger partial charge in [0.2, 0.25) is 0 Å². The molecule has 0 radical (unpaired) electrons. The molecule has 2 N–H and O–H groups in total. The van der Waals surface area contributed by atoms with Crippen LogP contribution in [0.4, 0.5) is 8.78 Å². The minimum atomic E-state index is -2.92. The standard InChI is InChI=1S/C16H14F2N2O3/c1-10-2-7-14(21)12(8-10)9-19-20-15(22)11-3-5-13(6-4-11)23-16(17)18/h2-9,16,21H,1H3,(H,20,22)/b19-9+. The van der Waals surface area contributed by atoms with Gasteiger partial charge < -0.3 is 9.84 Å². The number of hydrogen-bond donors (Lipinski definition) is 2. The predicted molar refractivity (Wildman–Crippen MR) is 81.0 cm³/mol. The molecule has 0 bridgehead atoms. The Morgan fingerprint density at radius 2 is 1.96 bits per heavy atom. The molecule has 0 saturated heterocycles. The first-order valence-electron chi connectivity index (χ1n) is 6.63. The number of ether oxygens (including phenoxy) is 1. The highest BCUT2D eigenvalue weighted by molar-refractivity contribution is 5.95. The second-order valence-electron chi connectivity index (χ2n) is 4.66. The molecule has 0 aliphatic rings. The molecule has 0 fully saturated rings. The Labute approximate surface area is 131 Å². The van der Waals surface area contributed by atoms with Gasteiger partial charge in [0.1, 0.15) is 11.5 Å². The van der Waals surface area contributed by atoms with Gasteiger partial charge in [0, 0.05) is 11.1 Å². The van der Waals surface area contributed by atoms with Crippen molar-refractivity contribution in [3.05, 3.63) is 59.2 Å². The van der Waals surface area contributed by atoms with Crippen LogP contribution in [0.1, 0.15) is 21.5 Å². The van der Waals surface area contributed by atoms with Gasteiger partial charge >= 0.3 is 6.61 Å². The average molecular weight is 320 g/mol. The summed E-state index contributed by atoms with van der Waals surface area (Å²) < 4.78 is 28.2. The predicted octanol–water partition coefficient (Wildman–Crippen LogP) is 3.07. The van der Waals surface area contributed by atoms with E-state index in [0.717, 1.165) is 5.56 Å². The molecule has 23 heavy (non-hydrogen) atoms. The minimum Gasteiger partial charge on any atom is -0.507 e. The Hall–Kier alpha value is -2.96. The zero-order chi connectivity index (χ0) is 16.8. The van der Waals surface area contributed by atoms with Gasteiger partial charge in [0.25, 0.3) is 5.91 Å². The third kappa shape index (κ3) is 4.77. The summed E-state index contributed by atoms with van der Waals surface area (Å²) >= 11 is 0. The lowest BCUT2D eigenvalue weighted by Crippen LogP contribution is -2.17. The first-order valence-corrected chi connectivity index (χ1v) is 6.63. The normalized spacial score (nSPS) is 11.0. The molecule has 0 aliphatic heterocycles. The van der Waals surface area contributed by atoms with E-state index < -0.39 is 12.5 Å². The summed E-state index contributed by atoms with van der Waals surface area (Å²) in [6.07, 6.45) is 1.31. The van der Waals surface area contributed by atoms with E-state index in [0.29, 0.717) is 5.56 Å². The fraction of sp³-hybridized carbons (Fsp3) is 0.125. The van der Waals surface area contributed by atoms with Crippen molar-refractivity contribution in [1.29, 1.82) is 0 Å². The van der Waals surface area contributed by atoms with E-state index in [-0.39, 0.29) is 17.1 Å². The second-order valence-corrected chi connectivity index (χ2v) is 4.66. The Kier molecular flexibility index (Phi) is 5.24. The van der Waals surface area contributed by atoms with E-state index in [9.17, 15) is 18.7 Å². The van der Waals surface area contributed by atoms with E-state index in [4.69, 9.17) is 0 Å². The van der Waals surface area contributed by atoms with Crippen LogP contribution in [0.3, 0.4) is 0 Å². The maximum Gasteiger partial charge on any atom is 0.387 e. The van der Waals surface area contributed by atoms with Crippen molar-refractivity contribution >= 4 is 12.1 Å². The highest BCUT2D eigenvalue weighted by atomic mass is 19.3. The van der Waals surface area contributed by atoms with Gasteiger partial charge in [-0.2, -0.15) is 13.9 Å². The molecule has 0 aliphatic carbocycles. The number of carbonyl (C=O) groups excluding carboxylic acids is 1. The van der Waals surface area contributed by atoms with Crippen molar-refractivity contribution < 1.29 is 23.4 Å². The largest absolute Gasteiger partial charge is 0.507 e. The molecule has 2 aromatic rings. The van der Waals surface area contributed by atoms with Crippen LogP contribution in [0.2, 0.25) is 0 Å². The van der Waals surface area contributed by atoms with Crippen LogP contribution >= 0.6 is 0 Å². The topological polar surface area (TPSA) is 70.9 Å². The number of nitrogens with one attached hydrogen (secondary N) is 1. The Morgan fingerprint density at radius 3 is 2.61 bits per heavy atom. The fourth-order valence-corrected chi connectivity index (χ4v) is 1.79. The number of phenols is 1. The van der Waals surface area contributed by atoms with Gasteiger partial charge in [0.15, 0.2) is 0 Å². The number of hydrazone groups is 1. The van der Waals surface area contributed by atoms with E-state index in [2.05, 4.69) is 15.3 Å². The number of carbonyl (C=O) groups is 1. The number of hydrogen-bond acceptors (Lipinski definition) is 4. The lowest BCUT2D eigenvalue weighted by atomic mass is 10.1. The number of phenolic OH excluding ortho intramolecular Hbond substituents is 1. The molecule has 0 heterocycles. The Bertz CT molecular complexity index is 716. The monoisotopic (exact) mass is 320 g/mol. The number of benzene rings is 2. The van der Waals surface area contributed by atoms with Crippen molar-refractivity contribution in [1.82, 2.24) is 5.43 Å². The maximum absolute atomic E-state index is 12.0. The molecule has 7 heteroatoms. The number of alkyl halides is 2. The van der Waals surface area contributed by atoms with Gasteiger partial charge in [-0.05, 0) is 43.3 Å². The fourth-order valence-electron chi connectivity index (χ4n) is 1.79. The van der Waals surface area contributed by atoms with Crippen molar-refractivity contribution in [3.63, 3.8) is 0 Å². The zero-order valence-corrected chi connectivity index (χ0v) is 12.2. The quantitative estimate of drug-likeness (QED) is 0.657. The summed E-state index contributed by atoms with van der Waals surface area (Å²) in [5, 5.41) is 13.4. The number of halogens is 2. The van der Waals surface area contributed by atoms with Crippen molar-refractivity contribution in [2.75, 3.05) is 0 Å². The molecular formula is C16H14F2N2O3. The highest BCUT2D eigenvalue weighted by Crippen LogP contribution is 2.16. The molecule has 0 unspecified atom stereocenters. The van der Waals surface area contributed by atoms with Crippen molar-refractivity contribution in [2.45, 2.75) is 13.5 Å². The molecule has 2 rings (SSSR count). The third-order valence-corrected chi connectivity index (χ3v) is 2.89. The number of aromatic hydroxyl groups is 1. The number of amides is 1. The number of nitrogens with zero attached hydrogens (tertiary/aromatic N) is 1. The lowest BCUT2D eigenvalue weighted by Gasteiger charge is -2.05. The lowest BCUT2D eigenvalue weighted by molar-refractivity contribution is -0.0498. The SMILES string of the molecule is Cc1ccc(O)c(/C=N/NC(=O)c2ccc(OC(F)F)cc2)c1. The molecule has 1 amide bonds. The molecule has 0 saturated carbocycles. The third-order valence-electron chi connectivity index (χ3n) is 2.89. The molecule has 5 nitrogen and oxygen atoms in total. The van der Waals surface area contributed by atoms with Crippen LogP contribution in [-0.2, 0) is 0 Å². The van der Waals surface area contributed by atoms with Crippen molar-refractivity contribution in [2.24, 2.45) is 5.10 Å². The Balaban J connectivity index is 1.99.